The van der Waals surface area contributed by atoms with E-state index in [2.05, 4.69) is 10.4 Å². The molecule has 1 aromatic heterocycles. The van der Waals surface area contributed by atoms with Gasteiger partial charge >= 0.3 is 6.09 Å². The summed E-state index contributed by atoms with van der Waals surface area (Å²) < 4.78 is 13.1. The summed E-state index contributed by atoms with van der Waals surface area (Å²) in [6.07, 6.45) is 0.219. The predicted molar refractivity (Wildman–Crippen MR) is 39.8 cm³/mol. The second kappa shape index (κ2) is 3.70. The van der Waals surface area contributed by atoms with E-state index in [4.69, 9.17) is 5.11 Å². The van der Waals surface area contributed by atoms with E-state index < -0.39 is 12.8 Å². The molecule has 0 saturated carbocycles. The largest absolute Gasteiger partial charge is 0.465 e. The quantitative estimate of drug-likeness (QED) is 0.714. The van der Waals surface area contributed by atoms with Crippen LogP contribution in [0, 0.1) is 0 Å². The van der Waals surface area contributed by atoms with Crippen LogP contribution in [-0.4, -0.2) is 27.7 Å². The van der Waals surface area contributed by atoms with Crippen molar-refractivity contribution in [2.24, 2.45) is 0 Å². The van der Waals surface area contributed by atoms with E-state index in [1.807, 2.05) is 0 Å². The smallest absolute Gasteiger partial charge is 0.410 e. The summed E-state index contributed by atoms with van der Waals surface area (Å²) in [6, 6.07) is 1.46. The molecular formula is C6H8FN3O2. The molecule has 6 heteroatoms. The Morgan fingerprint density at radius 1 is 1.83 bits per heavy atom. The molecule has 0 aliphatic rings. The van der Waals surface area contributed by atoms with Gasteiger partial charge in [-0.15, -0.1) is 0 Å². The summed E-state index contributed by atoms with van der Waals surface area (Å²) in [6.45, 7) is -0.515. The second-order valence-electron chi connectivity index (χ2n) is 2.06. The van der Waals surface area contributed by atoms with Gasteiger partial charge in [-0.25, -0.2) is 13.9 Å². The highest BCUT2D eigenvalue weighted by Crippen LogP contribution is 2.04. The first-order valence-corrected chi connectivity index (χ1v) is 3.32. The average molecular weight is 173 g/mol. The molecule has 0 atom stereocenters. The number of carboxylic acid groups (broad SMARTS) is 1. The molecule has 5 nitrogen and oxygen atoms in total. The molecule has 0 fully saturated rings. The zero-order valence-electron chi connectivity index (χ0n) is 6.20. The topological polar surface area (TPSA) is 67.2 Å². The van der Waals surface area contributed by atoms with E-state index in [-0.39, 0.29) is 12.4 Å². The molecule has 0 aliphatic heterocycles. The van der Waals surface area contributed by atoms with Crippen LogP contribution in [0.15, 0.2) is 12.3 Å². The Labute approximate surface area is 67.8 Å². The fraction of sp³-hybridized carbons (Fsp3) is 0.333. The van der Waals surface area contributed by atoms with Crippen LogP contribution >= 0.6 is 0 Å². The Hall–Kier alpha value is -1.59. The van der Waals surface area contributed by atoms with Gasteiger partial charge in [0, 0.05) is 6.07 Å². The molecule has 12 heavy (non-hydrogen) atoms. The van der Waals surface area contributed by atoms with Crippen molar-refractivity contribution in [3.8, 4) is 0 Å². The van der Waals surface area contributed by atoms with Crippen molar-refractivity contribution >= 4 is 11.9 Å². The number of rotatable bonds is 3. The van der Waals surface area contributed by atoms with Gasteiger partial charge in [-0.1, -0.05) is 0 Å². The van der Waals surface area contributed by atoms with Crippen LogP contribution in [0.5, 0.6) is 0 Å². The van der Waals surface area contributed by atoms with Crippen molar-refractivity contribution < 1.29 is 14.3 Å². The number of hydrogen-bond acceptors (Lipinski definition) is 2. The lowest BCUT2D eigenvalue weighted by Crippen LogP contribution is -2.13. The maximum absolute atomic E-state index is 11.8. The zero-order valence-corrected chi connectivity index (χ0v) is 6.20. The van der Waals surface area contributed by atoms with E-state index >= 15 is 0 Å². The minimum atomic E-state index is -1.18. The van der Waals surface area contributed by atoms with Gasteiger partial charge in [0.25, 0.3) is 0 Å². The normalized spacial score (nSPS) is 9.75. The molecule has 0 aromatic carbocycles. The van der Waals surface area contributed by atoms with E-state index in [9.17, 15) is 9.18 Å². The maximum atomic E-state index is 11.8. The Balaban J connectivity index is 2.69. The Morgan fingerprint density at radius 3 is 3.17 bits per heavy atom. The zero-order chi connectivity index (χ0) is 8.97. The maximum Gasteiger partial charge on any atom is 0.410 e. The van der Waals surface area contributed by atoms with Crippen molar-refractivity contribution in [2.45, 2.75) is 6.54 Å². The number of alkyl halides is 1. The number of nitrogens with zero attached hydrogens (tertiary/aromatic N) is 2. The lowest BCUT2D eigenvalue weighted by Gasteiger charge is -2.02. The standard InChI is InChI=1S/C6H8FN3O2/c7-2-4-10-5(1-3-8-10)9-6(11)12/h1,3,9H,2,4H2,(H,11,12). The van der Waals surface area contributed by atoms with Crippen LogP contribution < -0.4 is 5.32 Å². The Bertz CT molecular complexity index is 274. The number of carbonyl (C=O) groups is 1. The van der Waals surface area contributed by atoms with Crippen LogP contribution in [0.3, 0.4) is 0 Å². The van der Waals surface area contributed by atoms with Gasteiger partial charge in [-0.05, 0) is 0 Å². The summed E-state index contributed by atoms with van der Waals surface area (Å²) >= 11 is 0. The summed E-state index contributed by atoms with van der Waals surface area (Å²) in [5.74, 6) is 0.278. The van der Waals surface area contributed by atoms with Gasteiger partial charge in [0.1, 0.15) is 12.5 Å². The van der Waals surface area contributed by atoms with Crippen molar-refractivity contribution in [2.75, 3.05) is 12.0 Å². The van der Waals surface area contributed by atoms with Crippen LogP contribution in [0.25, 0.3) is 0 Å². The first-order valence-electron chi connectivity index (χ1n) is 3.32. The Morgan fingerprint density at radius 2 is 2.58 bits per heavy atom. The van der Waals surface area contributed by atoms with E-state index in [0.29, 0.717) is 0 Å². The molecule has 1 heterocycles. The molecule has 0 unspecified atom stereocenters. The van der Waals surface area contributed by atoms with Crippen LogP contribution in [0.1, 0.15) is 0 Å². The first-order chi connectivity index (χ1) is 5.74. The summed E-state index contributed by atoms with van der Waals surface area (Å²) in [5, 5.41) is 14.1. The van der Waals surface area contributed by atoms with E-state index in [0.717, 1.165) is 0 Å². The molecule has 2 N–H and O–H groups in total. The lowest BCUT2D eigenvalue weighted by molar-refractivity contribution is 0.209. The lowest BCUT2D eigenvalue weighted by atomic mass is 10.6. The number of anilines is 1. The number of halogens is 1. The van der Waals surface area contributed by atoms with Gasteiger partial charge in [0.2, 0.25) is 0 Å². The molecule has 0 spiro atoms. The molecule has 0 radical (unpaired) electrons. The van der Waals surface area contributed by atoms with Gasteiger partial charge in [-0.3, -0.25) is 5.32 Å². The summed E-state index contributed by atoms with van der Waals surface area (Å²) in [4.78, 5) is 10.2. The highest BCUT2D eigenvalue weighted by atomic mass is 19.1. The number of aryl methyl sites for hydroxylation is 1. The molecular weight excluding hydrogens is 165 g/mol. The third kappa shape index (κ3) is 1.94. The number of nitrogens with one attached hydrogen (secondary N) is 1. The number of aromatic nitrogens is 2. The molecule has 0 aliphatic carbocycles. The van der Waals surface area contributed by atoms with E-state index in [1.54, 1.807) is 0 Å². The second-order valence-corrected chi connectivity index (χ2v) is 2.06. The first kappa shape index (κ1) is 8.51. The minimum Gasteiger partial charge on any atom is -0.465 e. The fourth-order valence-corrected chi connectivity index (χ4v) is 0.807. The molecule has 0 saturated heterocycles. The fourth-order valence-electron chi connectivity index (χ4n) is 0.807. The molecule has 0 bridgehead atoms. The highest BCUT2D eigenvalue weighted by Gasteiger charge is 2.03. The van der Waals surface area contributed by atoms with Gasteiger partial charge in [0.15, 0.2) is 0 Å². The minimum absolute atomic E-state index is 0.0581. The van der Waals surface area contributed by atoms with Crippen molar-refractivity contribution in [1.29, 1.82) is 0 Å². The Kier molecular flexibility index (Phi) is 2.62. The molecule has 1 amide bonds. The monoisotopic (exact) mass is 173 g/mol. The van der Waals surface area contributed by atoms with Crippen LogP contribution in [0.4, 0.5) is 15.0 Å². The third-order valence-corrected chi connectivity index (χ3v) is 1.25. The third-order valence-electron chi connectivity index (χ3n) is 1.25. The predicted octanol–water partition coefficient (Wildman–Crippen LogP) is 0.942. The van der Waals surface area contributed by atoms with Gasteiger partial charge < -0.3 is 5.11 Å². The van der Waals surface area contributed by atoms with Gasteiger partial charge in [0.05, 0.1) is 12.7 Å². The average Bonchev–Trinajstić information content (AvgIpc) is 2.37. The summed E-state index contributed by atoms with van der Waals surface area (Å²) in [5.41, 5.74) is 0. The van der Waals surface area contributed by atoms with Crippen molar-refractivity contribution in [1.82, 2.24) is 9.78 Å². The van der Waals surface area contributed by atoms with Crippen molar-refractivity contribution in [3.63, 3.8) is 0 Å². The molecule has 66 valence electrons. The van der Waals surface area contributed by atoms with Crippen LogP contribution in [0.2, 0.25) is 0 Å². The van der Waals surface area contributed by atoms with Gasteiger partial charge in [-0.2, -0.15) is 5.10 Å². The number of hydrogen-bond donors (Lipinski definition) is 2. The molecule has 1 aromatic rings. The van der Waals surface area contributed by atoms with Crippen molar-refractivity contribution in [3.05, 3.63) is 12.3 Å². The van der Waals surface area contributed by atoms with Crippen LogP contribution in [-0.2, 0) is 6.54 Å². The van der Waals surface area contributed by atoms with E-state index in [1.165, 1.54) is 16.9 Å². The SMILES string of the molecule is O=C(O)Nc1ccnn1CCF. The highest BCUT2D eigenvalue weighted by molar-refractivity contribution is 5.81. The molecule has 1 rings (SSSR count). The number of amides is 1. The summed E-state index contributed by atoms with van der Waals surface area (Å²) in [7, 11) is 0.